The average Bonchev–Trinajstić information content (AvgIpc) is 2.51. The van der Waals surface area contributed by atoms with Gasteiger partial charge >= 0.3 is 0 Å². The number of nitrogens with one attached hydrogen (secondary N) is 1. The molecule has 1 aromatic heterocycles. The van der Waals surface area contributed by atoms with Crippen molar-refractivity contribution in [2.45, 2.75) is 32.6 Å². The van der Waals surface area contributed by atoms with Gasteiger partial charge in [0, 0.05) is 25.3 Å². The van der Waals surface area contributed by atoms with Gasteiger partial charge in [0.15, 0.2) is 0 Å². The van der Waals surface area contributed by atoms with Crippen LogP contribution in [0.25, 0.3) is 0 Å². The molecule has 0 atom stereocenters. The van der Waals surface area contributed by atoms with E-state index >= 15 is 0 Å². The molecule has 6 heteroatoms. The van der Waals surface area contributed by atoms with E-state index < -0.39 is 0 Å². The van der Waals surface area contributed by atoms with Crippen LogP contribution in [0.2, 0.25) is 0 Å². The van der Waals surface area contributed by atoms with Crippen LogP contribution in [0.3, 0.4) is 0 Å². The van der Waals surface area contributed by atoms with E-state index in [1.54, 1.807) is 6.07 Å². The number of likely N-dealkylation sites (tertiary alicyclic amines) is 1. The standard InChI is InChI=1S/C16H27N5O/c1-13-12-14(15(22)21-10-5-4-6-11-21)19-16(18-13)17-8-7-9-20(2)3/h12H,4-11H2,1-3H3,(H,17,18,19). The molecule has 1 fully saturated rings. The minimum Gasteiger partial charge on any atom is -0.354 e. The maximum absolute atomic E-state index is 12.5. The third-order valence-corrected chi connectivity index (χ3v) is 3.78. The lowest BCUT2D eigenvalue weighted by molar-refractivity contribution is 0.0718. The Morgan fingerprint density at radius 3 is 2.68 bits per heavy atom. The Balaban J connectivity index is 1.98. The molecule has 0 spiro atoms. The number of hydrogen-bond donors (Lipinski definition) is 1. The molecule has 0 bridgehead atoms. The Labute approximate surface area is 132 Å². The molecule has 1 aliphatic rings. The van der Waals surface area contributed by atoms with Crippen LogP contribution in [0.4, 0.5) is 5.95 Å². The van der Waals surface area contributed by atoms with Crippen molar-refractivity contribution in [3.8, 4) is 0 Å². The number of nitrogens with zero attached hydrogens (tertiary/aromatic N) is 4. The van der Waals surface area contributed by atoms with Crippen molar-refractivity contribution in [2.24, 2.45) is 0 Å². The minimum absolute atomic E-state index is 0.0292. The molecule has 2 rings (SSSR count). The van der Waals surface area contributed by atoms with Crippen LogP contribution in [0.15, 0.2) is 6.07 Å². The Kier molecular flexibility index (Phi) is 6.12. The van der Waals surface area contributed by atoms with Crippen LogP contribution in [0, 0.1) is 6.92 Å². The second kappa shape index (κ2) is 8.08. The van der Waals surface area contributed by atoms with Crippen LogP contribution >= 0.6 is 0 Å². The molecular weight excluding hydrogens is 278 g/mol. The smallest absolute Gasteiger partial charge is 0.272 e. The molecule has 1 amide bonds. The van der Waals surface area contributed by atoms with E-state index in [-0.39, 0.29) is 5.91 Å². The maximum Gasteiger partial charge on any atom is 0.272 e. The van der Waals surface area contributed by atoms with Gasteiger partial charge in [0.05, 0.1) is 0 Å². The molecule has 1 aliphatic heterocycles. The van der Waals surface area contributed by atoms with E-state index in [9.17, 15) is 4.79 Å². The van der Waals surface area contributed by atoms with Gasteiger partial charge in [-0.15, -0.1) is 0 Å². The topological polar surface area (TPSA) is 61.4 Å². The molecule has 1 saturated heterocycles. The van der Waals surface area contributed by atoms with E-state index in [2.05, 4.69) is 34.3 Å². The van der Waals surface area contributed by atoms with Gasteiger partial charge in [0.25, 0.3) is 5.91 Å². The highest BCUT2D eigenvalue weighted by Gasteiger charge is 2.20. The molecule has 0 aliphatic carbocycles. The summed E-state index contributed by atoms with van der Waals surface area (Å²) in [5.74, 6) is 0.584. The number of piperidine rings is 1. The summed E-state index contributed by atoms with van der Waals surface area (Å²) in [7, 11) is 4.11. The van der Waals surface area contributed by atoms with Crippen molar-refractivity contribution in [2.75, 3.05) is 45.6 Å². The molecule has 122 valence electrons. The van der Waals surface area contributed by atoms with Crippen molar-refractivity contribution in [3.63, 3.8) is 0 Å². The number of hydrogen-bond acceptors (Lipinski definition) is 5. The number of aryl methyl sites for hydroxylation is 1. The first kappa shape index (κ1) is 16.7. The zero-order valence-electron chi connectivity index (χ0n) is 13.9. The maximum atomic E-state index is 12.5. The quantitative estimate of drug-likeness (QED) is 0.812. The van der Waals surface area contributed by atoms with Crippen LogP contribution in [0.1, 0.15) is 41.9 Å². The van der Waals surface area contributed by atoms with E-state index in [0.717, 1.165) is 51.1 Å². The fraction of sp³-hybridized carbons (Fsp3) is 0.688. The van der Waals surface area contributed by atoms with Gasteiger partial charge in [-0.1, -0.05) is 0 Å². The third kappa shape index (κ3) is 4.94. The van der Waals surface area contributed by atoms with Crippen molar-refractivity contribution < 1.29 is 4.79 Å². The Morgan fingerprint density at radius 2 is 2.00 bits per heavy atom. The van der Waals surface area contributed by atoms with Gasteiger partial charge in [0.1, 0.15) is 5.69 Å². The summed E-state index contributed by atoms with van der Waals surface area (Å²) in [6, 6.07) is 1.78. The zero-order valence-corrected chi connectivity index (χ0v) is 13.9. The largest absolute Gasteiger partial charge is 0.354 e. The fourth-order valence-electron chi connectivity index (χ4n) is 2.61. The van der Waals surface area contributed by atoms with E-state index in [4.69, 9.17) is 0 Å². The zero-order chi connectivity index (χ0) is 15.9. The van der Waals surface area contributed by atoms with Crippen LogP contribution in [-0.4, -0.2) is 65.9 Å². The molecule has 22 heavy (non-hydrogen) atoms. The highest BCUT2D eigenvalue weighted by molar-refractivity contribution is 5.92. The number of amides is 1. The second-order valence-electron chi connectivity index (χ2n) is 6.15. The lowest BCUT2D eigenvalue weighted by Gasteiger charge is -2.26. The molecule has 0 aromatic carbocycles. The molecule has 2 heterocycles. The highest BCUT2D eigenvalue weighted by atomic mass is 16.2. The van der Waals surface area contributed by atoms with Gasteiger partial charge in [-0.2, -0.15) is 0 Å². The summed E-state index contributed by atoms with van der Waals surface area (Å²) in [5, 5.41) is 3.22. The Bertz CT molecular complexity index is 497. The number of anilines is 1. The van der Waals surface area contributed by atoms with Gasteiger partial charge in [-0.3, -0.25) is 4.79 Å². The average molecular weight is 305 g/mol. The predicted octanol–water partition coefficient (Wildman–Crippen LogP) is 1.77. The number of carbonyl (C=O) groups is 1. The first-order chi connectivity index (χ1) is 10.6. The van der Waals surface area contributed by atoms with Crippen LogP contribution < -0.4 is 5.32 Å². The van der Waals surface area contributed by atoms with Gasteiger partial charge in [0.2, 0.25) is 5.95 Å². The molecule has 1 N–H and O–H groups in total. The predicted molar refractivity (Wildman–Crippen MR) is 88.2 cm³/mol. The fourth-order valence-corrected chi connectivity index (χ4v) is 2.61. The normalized spacial score (nSPS) is 15.2. The molecule has 0 saturated carbocycles. The Morgan fingerprint density at radius 1 is 1.27 bits per heavy atom. The minimum atomic E-state index is 0.0292. The molecule has 0 unspecified atom stereocenters. The summed E-state index contributed by atoms with van der Waals surface area (Å²) in [4.78, 5) is 25.3. The van der Waals surface area contributed by atoms with Crippen molar-refractivity contribution in [3.05, 3.63) is 17.5 Å². The summed E-state index contributed by atoms with van der Waals surface area (Å²) in [6.07, 6.45) is 4.40. The van der Waals surface area contributed by atoms with Crippen LogP contribution in [0.5, 0.6) is 0 Å². The monoisotopic (exact) mass is 305 g/mol. The summed E-state index contributed by atoms with van der Waals surface area (Å²) in [6.45, 7) is 5.40. The van der Waals surface area contributed by atoms with Crippen molar-refractivity contribution in [1.29, 1.82) is 0 Å². The molecular formula is C16H27N5O. The lowest BCUT2D eigenvalue weighted by Crippen LogP contribution is -2.36. The van der Waals surface area contributed by atoms with Crippen molar-refractivity contribution >= 4 is 11.9 Å². The highest BCUT2D eigenvalue weighted by Crippen LogP contribution is 2.13. The van der Waals surface area contributed by atoms with Crippen molar-refractivity contribution in [1.82, 2.24) is 19.8 Å². The second-order valence-corrected chi connectivity index (χ2v) is 6.15. The molecule has 6 nitrogen and oxygen atoms in total. The first-order valence-electron chi connectivity index (χ1n) is 8.10. The van der Waals surface area contributed by atoms with E-state index in [1.807, 2.05) is 11.8 Å². The number of rotatable bonds is 6. The third-order valence-electron chi connectivity index (χ3n) is 3.78. The summed E-state index contributed by atoms with van der Waals surface area (Å²) in [5.41, 5.74) is 1.33. The van der Waals surface area contributed by atoms with E-state index in [0.29, 0.717) is 11.6 Å². The lowest BCUT2D eigenvalue weighted by atomic mass is 10.1. The van der Waals surface area contributed by atoms with Gasteiger partial charge in [-0.05, 0) is 59.3 Å². The summed E-state index contributed by atoms with van der Waals surface area (Å²) >= 11 is 0. The molecule has 1 aromatic rings. The number of aromatic nitrogens is 2. The molecule has 0 radical (unpaired) electrons. The van der Waals surface area contributed by atoms with Crippen LogP contribution in [-0.2, 0) is 0 Å². The summed E-state index contributed by atoms with van der Waals surface area (Å²) < 4.78 is 0. The first-order valence-corrected chi connectivity index (χ1v) is 8.10. The van der Waals surface area contributed by atoms with E-state index in [1.165, 1.54) is 6.42 Å². The number of carbonyl (C=O) groups excluding carboxylic acids is 1. The van der Waals surface area contributed by atoms with Gasteiger partial charge < -0.3 is 15.1 Å². The SMILES string of the molecule is Cc1cc(C(=O)N2CCCCC2)nc(NCCCN(C)C)n1. The van der Waals surface area contributed by atoms with Gasteiger partial charge in [-0.25, -0.2) is 9.97 Å². The Hall–Kier alpha value is -1.69.